The summed E-state index contributed by atoms with van der Waals surface area (Å²) in [5.41, 5.74) is 0.378. The molecule has 1 aliphatic heterocycles. The van der Waals surface area contributed by atoms with Crippen LogP contribution in [0.3, 0.4) is 0 Å². The first-order valence-corrected chi connectivity index (χ1v) is 6.03. The Hall–Kier alpha value is -1.72. The molecule has 3 nitrogen and oxygen atoms in total. The zero-order chi connectivity index (χ0) is 14.0. The minimum absolute atomic E-state index is 0.149. The Morgan fingerprint density at radius 2 is 1.95 bits per heavy atom. The molecule has 1 amide bonds. The van der Waals surface area contributed by atoms with Crippen molar-refractivity contribution in [2.45, 2.75) is 32.2 Å². The second-order valence-corrected chi connectivity index (χ2v) is 4.56. The molecule has 2 rings (SSSR count). The fraction of sp³-hybridized carbons (Fsp3) is 0.462. The van der Waals surface area contributed by atoms with Gasteiger partial charge in [-0.1, -0.05) is 0 Å². The molecule has 0 spiro atoms. The average Bonchev–Trinajstić information content (AvgIpc) is 2.73. The molecule has 1 heterocycles. The van der Waals surface area contributed by atoms with Crippen molar-refractivity contribution in [2.75, 3.05) is 6.54 Å². The number of carbonyl (C=O) groups excluding carboxylic acids is 1. The smallest absolute Gasteiger partial charge is 0.406 e. The number of carbonyl (C=O) groups is 1. The van der Waals surface area contributed by atoms with Crippen LogP contribution in [0.15, 0.2) is 24.3 Å². The maximum Gasteiger partial charge on any atom is 0.573 e. The Kier molecular flexibility index (Phi) is 3.68. The molecule has 1 aromatic carbocycles. The third kappa shape index (κ3) is 3.39. The summed E-state index contributed by atoms with van der Waals surface area (Å²) in [6.45, 7) is 2.66. The van der Waals surface area contributed by atoms with E-state index in [2.05, 4.69) is 4.74 Å². The number of ether oxygens (including phenoxy) is 1. The van der Waals surface area contributed by atoms with Gasteiger partial charge >= 0.3 is 6.36 Å². The van der Waals surface area contributed by atoms with Gasteiger partial charge in [-0.2, -0.15) is 0 Å². The van der Waals surface area contributed by atoms with Gasteiger partial charge in [0.25, 0.3) is 5.91 Å². The van der Waals surface area contributed by atoms with Gasteiger partial charge in [-0.25, -0.2) is 0 Å². The van der Waals surface area contributed by atoms with E-state index in [-0.39, 0.29) is 17.7 Å². The van der Waals surface area contributed by atoms with Gasteiger partial charge in [0, 0.05) is 18.2 Å². The molecule has 19 heavy (non-hydrogen) atoms. The van der Waals surface area contributed by atoms with E-state index in [1.165, 1.54) is 12.1 Å². The van der Waals surface area contributed by atoms with Gasteiger partial charge in [0.15, 0.2) is 0 Å². The number of hydrogen-bond donors (Lipinski definition) is 0. The molecular weight excluding hydrogens is 259 g/mol. The first-order chi connectivity index (χ1) is 8.87. The van der Waals surface area contributed by atoms with Gasteiger partial charge in [-0.15, -0.1) is 13.2 Å². The summed E-state index contributed by atoms with van der Waals surface area (Å²) in [5.74, 6) is -0.470. The molecule has 0 aliphatic carbocycles. The van der Waals surface area contributed by atoms with Gasteiger partial charge in [0.05, 0.1) is 0 Å². The minimum atomic E-state index is -4.71. The highest BCUT2D eigenvalue weighted by molar-refractivity contribution is 5.94. The highest BCUT2D eigenvalue weighted by Gasteiger charge is 2.31. The molecule has 0 bridgehead atoms. The number of halogens is 3. The molecular formula is C13H14F3NO2. The third-order valence-electron chi connectivity index (χ3n) is 3.15. The second-order valence-electron chi connectivity index (χ2n) is 4.56. The minimum Gasteiger partial charge on any atom is -0.406 e. The zero-order valence-corrected chi connectivity index (χ0v) is 10.4. The summed E-state index contributed by atoms with van der Waals surface area (Å²) in [6.07, 6.45) is -2.79. The van der Waals surface area contributed by atoms with E-state index in [1.54, 1.807) is 4.90 Å². The first-order valence-electron chi connectivity index (χ1n) is 6.03. The van der Waals surface area contributed by atoms with Crippen LogP contribution >= 0.6 is 0 Å². The quantitative estimate of drug-likeness (QED) is 0.828. The first kappa shape index (κ1) is 13.7. The number of likely N-dealkylation sites (tertiary alicyclic amines) is 1. The van der Waals surface area contributed by atoms with Crippen LogP contribution in [-0.2, 0) is 0 Å². The van der Waals surface area contributed by atoms with E-state index >= 15 is 0 Å². The SMILES string of the molecule is CC1CCCN1C(=O)c1ccc(OC(F)(F)F)cc1. The van der Waals surface area contributed by atoms with E-state index in [9.17, 15) is 18.0 Å². The lowest BCUT2D eigenvalue weighted by molar-refractivity contribution is -0.274. The molecule has 1 aliphatic rings. The Labute approximate surface area is 109 Å². The standard InChI is InChI=1S/C13H14F3NO2/c1-9-3-2-8-17(9)12(18)10-4-6-11(7-5-10)19-13(14,15)16/h4-7,9H,2-3,8H2,1H3. The maximum atomic E-state index is 12.1. The molecule has 0 N–H and O–H groups in total. The van der Waals surface area contributed by atoms with Crippen molar-refractivity contribution < 1.29 is 22.7 Å². The van der Waals surface area contributed by atoms with Crippen LogP contribution in [0, 0.1) is 0 Å². The van der Waals surface area contributed by atoms with Crippen LogP contribution in [0.2, 0.25) is 0 Å². The molecule has 1 atom stereocenters. The highest BCUT2D eigenvalue weighted by Crippen LogP contribution is 2.24. The molecule has 104 valence electrons. The molecule has 1 aromatic rings. The lowest BCUT2D eigenvalue weighted by Crippen LogP contribution is -2.33. The van der Waals surface area contributed by atoms with Gasteiger partial charge < -0.3 is 9.64 Å². The normalized spacial score (nSPS) is 19.6. The van der Waals surface area contributed by atoms with E-state index in [0.717, 1.165) is 25.0 Å². The van der Waals surface area contributed by atoms with Crippen LogP contribution in [0.4, 0.5) is 13.2 Å². The summed E-state index contributed by atoms with van der Waals surface area (Å²) in [6, 6.07) is 5.20. The summed E-state index contributed by atoms with van der Waals surface area (Å²) in [4.78, 5) is 13.9. The van der Waals surface area contributed by atoms with Crippen molar-refractivity contribution >= 4 is 5.91 Å². The van der Waals surface area contributed by atoms with Crippen molar-refractivity contribution in [3.8, 4) is 5.75 Å². The zero-order valence-electron chi connectivity index (χ0n) is 10.4. The predicted molar refractivity (Wildman–Crippen MR) is 62.9 cm³/mol. The molecule has 0 radical (unpaired) electrons. The molecule has 1 unspecified atom stereocenters. The molecule has 1 saturated heterocycles. The number of nitrogens with zero attached hydrogens (tertiary/aromatic N) is 1. The number of benzene rings is 1. The van der Waals surface area contributed by atoms with Crippen molar-refractivity contribution in [1.29, 1.82) is 0 Å². The van der Waals surface area contributed by atoms with Gasteiger partial charge in [0.2, 0.25) is 0 Å². The van der Waals surface area contributed by atoms with Crippen molar-refractivity contribution in [3.63, 3.8) is 0 Å². The molecule has 0 aromatic heterocycles. The molecule has 6 heteroatoms. The van der Waals surface area contributed by atoms with Crippen LogP contribution in [0.5, 0.6) is 5.75 Å². The fourth-order valence-corrected chi connectivity index (χ4v) is 2.20. The van der Waals surface area contributed by atoms with Crippen LogP contribution in [-0.4, -0.2) is 29.8 Å². The van der Waals surface area contributed by atoms with E-state index in [4.69, 9.17) is 0 Å². The van der Waals surface area contributed by atoms with Gasteiger partial charge in [-0.3, -0.25) is 4.79 Å². The monoisotopic (exact) mass is 273 g/mol. The van der Waals surface area contributed by atoms with Crippen molar-refractivity contribution in [2.24, 2.45) is 0 Å². The Morgan fingerprint density at radius 1 is 1.32 bits per heavy atom. The van der Waals surface area contributed by atoms with Gasteiger partial charge in [0.1, 0.15) is 5.75 Å². The second kappa shape index (κ2) is 5.11. The van der Waals surface area contributed by atoms with Crippen molar-refractivity contribution in [1.82, 2.24) is 4.90 Å². The Bertz CT molecular complexity index is 456. The average molecular weight is 273 g/mol. The number of rotatable bonds is 2. The predicted octanol–water partition coefficient (Wildman–Crippen LogP) is 3.21. The number of hydrogen-bond acceptors (Lipinski definition) is 2. The van der Waals surface area contributed by atoms with Crippen LogP contribution < -0.4 is 4.74 Å². The Morgan fingerprint density at radius 3 is 2.42 bits per heavy atom. The summed E-state index contributed by atoms with van der Waals surface area (Å²) in [7, 11) is 0. The van der Waals surface area contributed by atoms with Crippen LogP contribution in [0.1, 0.15) is 30.1 Å². The number of amides is 1. The maximum absolute atomic E-state index is 12.1. The Balaban J connectivity index is 2.08. The lowest BCUT2D eigenvalue weighted by Gasteiger charge is -2.21. The topological polar surface area (TPSA) is 29.5 Å². The van der Waals surface area contributed by atoms with E-state index in [1.807, 2.05) is 6.92 Å². The highest BCUT2D eigenvalue weighted by atomic mass is 19.4. The summed E-state index contributed by atoms with van der Waals surface area (Å²) < 4.78 is 39.8. The largest absolute Gasteiger partial charge is 0.573 e. The van der Waals surface area contributed by atoms with Gasteiger partial charge in [-0.05, 0) is 44.0 Å². The lowest BCUT2D eigenvalue weighted by atomic mass is 10.2. The summed E-state index contributed by atoms with van der Waals surface area (Å²) in [5, 5.41) is 0. The third-order valence-corrected chi connectivity index (χ3v) is 3.15. The van der Waals surface area contributed by atoms with Crippen LogP contribution in [0.25, 0.3) is 0 Å². The molecule has 1 fully saturated rings. The summed E-state index contributed by atoms with van der Waals surface area (Å²) >= 11 is 0. The molecule has 0 saturated carbocycles. The number of alkyl halides is 3. The van der Waals surface area contributed by atoms with E-state index in [0.29, 0.717) is 12.1 Å². The fourth-order valence-electron chi connectivity index (χ4n) is 2.20. The van der Waals surface area contributed by atoms with Crippen molar-refractivity contribution in [3.05, 3.63) is 29.8 Å². The van der Waals surface area contributed by atoms with E-state index < -0.39 is 6.36 Å².